The Hall–Kier alpha value is -1.66. The third-order valence-electron chi connectivity index (χ3n) is 4.72. The highest BCUT2D eigenvalue weighted by Gasteiger charge is 2.18. The summed E-state index contributed by atoms with van der Waals surface area (Å²) < 4.78 is 13.1. The molecule has 6 heteroatoms. The number of aryl methyl sites for hydroxylation is 1. The molecule has 0 unspecified atom stereocenters. The topological polar surface area (TPSA) is 45.8 Å². The lowest BCUT2D eigenvalue weighted by Crippen LogP contribution is -2.11. The minimum atomic E-state index is -0.248. The predicted molar refractivity (Wildman–Crippen MR) is 109 cm³/mol. The molecule has 0 aliphatic carbocycles. The van der Waals surface area contributed by atoms with E-state index in [9.17, 15) is 9.18 Å². The van der Waals surface area contributed by atoms with Gasteiger partial charge in [0.2, 0.25) is 0 Å². The SMILES string of the molecule is CC[C@H](C)Cc1c(C)sc2nc(S[C@@H](C)c3ccc(F)cc3)[nH]c(=O)c12. The highest BCUT2D eigenvalue weighted by molar-refractivity contribution is 7.99. The zero-order valence-corrected chi connectivity index (χ0v) is 17.1. The number of fused-ring (bicyclic) bond motifs is 1. The Balaban J connectivity index is 1.91. The van der Waals surface area contributed by atoms with Crippen LogP contribution in [0, 0.1) is 18.7 Å². The molecule has 0 fully saturated rings. The standard InChI is InChI=1S/C20H23FN2OS2/c1-5-11(2)10-16-13(4)25-19-17(16)18(24)22-20(23-19)26-12(3)14-6-8-15(21)9-7-14/h6-9,11-12H,5,10H2,1-4H3,(H,22,23,24)/t11-,12-/m0/s1. The molecule has 26 heavy (non-hydrogen) atoms. The smallest absolute Gasteiger partial charge is 0.260 e. The van der Waals surface area contributed by atoms with E-state index in [1.54, 1.807) is 23.5 Å². The third-order valence-corrected chi connectivity index (χ3v) is 6.80. The van der Waals surface area contributed by atoms with Gasteiger partial charge in [-0.2, -0.15) is 0 Å². The highest BCUT2D eigenvalue weighted by Crippen LogP contribution is 2.35. The maximum Gasteiger partial charge on any atom is 0.260 e. The van der Waals surface area contributed by atoms with Crippen LogP contribution in [0.4, 0.5) is 4.39 Å². The van der Waals surface area contributed by atoms with Crippen LogP contribution in [0.25, 0.3) is 10.2 Å². The van der Waals surface area contributed by atoms with E-state index in [1.165, 1.54) is 28.8 Å². The summed E-state index contributed by atoms with van der Waals surface area (Å²) in [6.45, 7) is 8.47. The van der Waals surface area contributed by atoms with Gasteiger partial charge in [0, 0.05) is 10.1 Å². The summed E-state index contributed by atoms with van der Waals surface area (Å²) in [6.07, 6.45) is 2.00. The Labute approximate surface area is 161 Å². The van der Waals surface area contributed by atoms with Crippen LogP contribution in [-0.2, 0) is 6.42 Å². The molecule has 0 saturated carbocycles. The van der Waals surface area contributed by atoms with Crippen molar-refractivity contribution in [1.29, 1.82) is 0 Å². The van der Waals surface area contributed by atoms with Crippen molar-refractivity contribution in [3.63, 3.8) is 0 Å². The first kappa shape index (κ1) is 19.1. The molecule has 0 bridgehead atoms. The number of nitrogens with zero attached hydrogens (tertiary/aromatic N) is 1. The van der Waals surface area contributed by atoms with Crippen molar-refractivity contribution in [3.05, 3.63) is 56.4 Å². The third kappa shape index (κ3) is 4.01. The minimum absolute atomic E-state index is 0.0635. The van der Waals surface area contributed by atoms with Crippen LogP contribution in [0.5, 0.6) is 0 Å². The van der Waals surface area contributed by atoms with Crippen LogP contribution in [-0.4, -0.2) is 9.97 Å². The Morgan fingerprint density at radius 3 is 2.62 bits per heavy atom. The predicted octanol–water partition coefficient (Wildman–Crippen LogP) is 5.87. The van der Waals surface area contributed by atoms with Crippen molar-refractivity contribution >= 4 is 33.3 Å². The Morgan fingerprint density at radius 2 is 1.96 bits per heavy atom. The van der Waals surface area contributed by atoms with Gasteiger partial charge in [-0.3, -0.25) is 4.79 Å². The average molecular weight is 391 g/mol. The van der Waals surface area contributed by atoms with Crippen molar-refractivity contribution < 1.29 is 4.39 Å². The van der Waals surface area contributed by atoms with Gasteiger partial charge in [0.05, 0.1) is 5.39 Å². The number of thioether (sulfide) groups is 1. The van der Waals surface area contributed by atoms with Crippen molar-refractivity contribution in [1.82, 2.24) is 9.97 Å². The number of halogens is 1. The average Bonchev–Trinajstić information content (AvgIpc) is 2.91. The molecule has 2 aromatic heterocycles. The number of aromatic nitrogens is 2. The van der Waals surface area contributed by atoms with Gasteiger partial charge in [0.25, 0.3) is 5.56 Å². The first-order valence-corrected chi connectivity index (χ1v) is 10.5. The molecular weight excluding hydrogens is 367 g/mol. The Morgan fingerprint density at radius 1 is 1.27 bits per heavy atom. The molecule has 1 N–H and O–H groups in total. The van der Waals surface area contributed by atoms with E-state index in [-0.39, 0.29) is 16.6 Å². The van der Waals surface area contributed by atoms with E-state index in [2.05, 4.69) is 30.7 Å². The minimum Gasteiger partial charge on any atom is -0.301 e. The van der Waals surface area contributed by atoms with Crippen molar-refractivity contribution in [2.75, 3.05) is 0 Å². The molecule has 3 rings (SSSR count). The number of rotatable bonds is 6. The van der Waals surface area contributed by atoms with E-state index in [4.69, 9.17) is 0 Å². The Bertz CT molecular complexity index is 962. The van der Waals surface area contributed by atoms with Gasteiger partial charge < -0.3 is 4.98 Å². The number of nitrogens with one attached hydrogen (secondary N) is 1. The van der Waals surface area contributed by atoms with Gasteiger partial charge in [-0.25, -0.2) is 9.37 Å². The normalized spacial score (nSPS) is 13.9. The van der Waals surface area contributed by atoms with Crippen LogP contribution in [0.15, 0.2) is 34.2 Å². The summed E-state index contributed by atoms with van der Waals surface area (Å²) in [7, 11) is 0. The van der Waals surface area contributed by atoms with E-state index in [0.29, 0.717) is 11.1 Å². The monoisotopic (exact) mass is 390 g/mol. The molecule has 138 valence electrons. The van der Waals surface area contributed by atoms with Crippen LogP contribution >= 0.6 is 23.1 Å². The fourth-order valence-electron chi connectivity index (χ4n) is 2.92. The molecule has 0 amide bonds. The second kappa shape index (κ2) is 7.92. The second-order valence-electron chi connectivity index (χ2n) is 6.72. The van der Waals surface area contributed by atoms with E-state index < -0.39 is 0 Å². The van der Waals surface area contributed by atoms with Gasteiger partial charge in [-0.1, -0.05) is 44.2 Å². The van der Waals surface area contributed by atoms with Gasteiger partial charge in [-0.05, 0) is 49.4 Å². The summed E-state index contributed by atoms with van der Waals surface area (Å²) in [6, 6.07) is 6.44. The molecule has 0 aliphatic rings. The number of hydrogen-bond acceptors (Lipinski definition) is 4. The Kier molecular flexibility index (Phi) is 5.82. The van der Waals surface area contributed by atoms with E-state index in [0.717, 1.165) is 34.2 Å². The first-order chi connectivity index (χ1) is 12.4. The maximum atomic E-state index is 13.1. The molecular formula is C20H23FN2OS2. The van der Waals surface area contributed by atoms with Crippen molar-refractivity contribution in [2.24, 2.45) is 5.92 Å². The number of benzene rings is 1. The number of H-pyrrole nitrogens is 1. The van der Waals surface area contributed by atoms with Gasteiger partial charge in [0.15, 0.2) is 5.16 Å². The lowest BCUT2D eigenvalue weighted by atomic mass is 9.98. The highest BCUT2D eigenvalue weighted by atomic mass is 32.2. The zero-order chi connectivity index (χ0) is 18.8. The summed E-state index contributed by atoms with van der Waals surface area (Å²) in [5.74, 6) is 0.292. The molecule has 3 nitrogen and oxygen atoms in total. The molecule has 0 radical (unpaired) electrons. The second-order valence-corrected chi connectivity index (χ2v) is 9.25. The molecule has 2 atom stereocenters. The van der Waals surface area contributed by atoms with Crippen LogP contribution in [0.3, 0.4) is 0 Å². The largest absolute Gasteiger partial charge is 0.301 e. The molecule has 1 aromatic carbocycles. The summed E-state index contributed by atoms with van der Waals surface area (Å²) in [5.41, 5.74) is 2.07. The number of thiophene rings is 1. The zero-order valence-electron chi connectivity index (χ0n) is 15.4. The molecule has 2 heterocycles. The van der Waals surface area contributed by atoms with Crippen molar-refractivity contribution in [2.45, 2.75) is 50.9 Å². The molecule has 0 aliphatic heterocycles. The van der Waals surface area contributed by atoms with Gasteiger partial charge in [-0.15, -0.1) is 11.3 Å². The van der Waals surface area contributed by atoms with E-state index in [1.807, 2.05) is 6.92 Å². The maximum absolute atomic E-state index is 13.1. The molecule has 3 aromatic rings. The van der Waals surface area contributed by atoms with Gasteiger partial charge >= 0.3 is 0 Å². The number of hydrogen-bond donors (Lipinski definition) is 1. The lowest BCUT2D eigenvalue weighted by Gasteiger charge is -2.11. The first-order valence-electron chi connectivity index (χ1n) is 8.83. The fraction of sp³-hybridized carbons (Fsp3) is 0.400. The van der Waals surface area contributed by atoms with Crippen LogP contribution in [0.2, 0.25) is 0 Å². The quantitative estimate of drug-likeness (QED) is 0.423. The molecule has 0 spiro atoms. The van der Waals surface area contributed by atoms with Crippen LogP contribution < -0.4 is 5.56 Å². The number of aromatic amines is 1. The summed E-state index contributed by atoms with van der Waals surface area (Å²) in [4.78, 5) is 22.3. The summed E-state index contributed by atoms with van der Waals surface area (Å²) in [5, 5.41) is 1.42. The van der Waals surface area contributed by atoms with Gasteiger partial charge in [0.1, 0.15) is 10.6 Å². The summed E-state index contributed by atoms with van der Waals surface area (Å²) >= 11 is 3.07. The van der Waals surface area contributed by atoms with Crippen LogP contribution in [0.1, 0.15) is 48.4 Å². The van der Waals surface area contributed by atoms with Crippen molar-refractivity contribution in [3.8, 4) is 0 Å². The fourth-order valence-corrected chi connectivity index (χ4v) is 4.95. The van der Waals surface area contributed by atoms with E-state index >= 15 is 0 Å². The molecule has 0 saturated heterocycles. The lowest BCUT2D eigenvalue weighted by molar-refractivity contribution is 0.561.